The molecule has 4 rings (SSSR count). The SMILES string of the molecule is CC1(C)COP(=O)(c2cc(-c3ccccc3)c(Cc3ccccc3[N+](=O)[O-])o2)OC1. The summed E-state index contributed by atoms with van der Waals surface area (Å²) in [7, 11) is -3.61. The maximum absolute atomic E-state index is 13.3. The van der Waals surface area contributed by atoms with Crippen molar-refractivity contribution in [2.45, 2.75) is 20.3 Å². The Labute approximate surface area is 174 Å². The third-order valence-electron chi connectivity index (χ3n) is 4.94. The van der Waals surface area contributed by atoms with Gasteiger partial charge < -0.3 is 13.5 Å². The summed E-state index contributed by atoms with van der Waals surface area (Å²) in [6.07, 6.45) is 0.173. The molecule has 0 spiro atoms. The Morgan fingerprint density at radius 3 is 2.33 bits per heavy atom. The zero-order valence-electron chi connectivity index (χ0n) is 16.7. The van der Waals surface area contributed by atoms with E-state index >= 15 is 0 Å². The highest BCUT2D eigenvalue weighted by Crippen LogP contribution is 2.53. The summed E-state index contributed by atoms with van der Waals surface area (Å²) in [5, 5.41) is 11.4. The van der Waals surface area contributed by atoms with Gasteiger partial charge in [-0.05, 0) is 5.56 Å². The smallest absolute Gasteiger partial charge is 0.396 e. The van der Waals surface area contributed by atoms with Crippen LogP contribution in [0, 0.1) is 15.5 Å². The fraction of sp³-hybridized carbons (Fsp3) is 0.273. The van der Waals surface area contributed by atoms with Crippen molar-refractivity contribution >= 4 is 18.8 Å². The predicted molar refractivity (Wildman–Crippen MR) is 113 cm³/mol. The second-order valence-corrected chi connectivity index (χ2v) is 10.0. The number of furan rings is 1. The average molecular weight is 427 g/mol. The number of nitro groups is 1. The first-order chi connectivity index (χ1) is 14.3. The molecule has 0 unspecified atom stereocenters. The molecule has 0 atom stereocenters. The summed E-state index contributed by atoms with van der Waals surface area (Å²) in [5.41, 5.74) is 1.95. The molecule has 0 radical (unpaired) electrons. The first-order valence-corrected chi connectivity index (χ1v) is 11.1. The van der Waals surface area contributed by atoms with E-state index in [4.69, 9.17) is 13.5 Å². The lowest BCUT2D eigenvalue weighted by atomic mass is 9.97. The molecule has 0 amide bonds. The summed E-state index contributed by atoms with van der Waals surface area (Å²) in [5.74, 6) is 0.470. The van der Waals surface area contributed by atoms with Crippen LogP contribution in [0.25, 0.3) is 11.1 Å². The summed E-state index contributed by atoms with van der Waals surface area (Å²) in [6.45, 7) is 4.50. The van der Waals surface area contributed by atoms with E-state index in [0.29, 0.717) is 16.9 Å². The molecule has 1 aliphatic heterocycles. The molecule has 0 saturated carbocycles. The van der Waals surface area contributed by atoms with Crippen molar-refractivity contribution in [3.8, 4) is 11.1 Å². The van der Waals surface area contributed by atoms with Gasteiger partial charge in [0.15, 0.2) is 0 Å². The van der Waals surface area contributed by atoms with Crippen LogP contribution in [0.5, 0.6) is 0 Å². The standard InChI is InChI=1S/C22H22NO6P/c1-22(2)14-27-30(26,28-15-22)21-13-18(16-8-4-3-5-9-16)20(29-21)12-17-10-6-7-11-19(17)23(24)25/h3-11,13H,12,14-15H2,1-2H3. The van der Waals surface area contributed by atoms with E-state index in [1.807, 2.05) is 44.2 Å². The lowest BCUT2D eigenvalue weighted by Crippen LogP contribution is -2.31. The van der Waals surface area contributed by atoms with Gasteiger partial charge in [-0.3, -0.25) is 14.7 Å². The second-order valence-electron chi connectivity index (χ2n) is 8.06. The van der Waals surface area contributed by atoms with E-state index in [1.54, 1.807) is 24.3 Å². The molecule has 0 bridgehead atoms. The van der Waals surface area contributed by atoms with E-state index in [1.165, 1.54) is 6.07 Å². The summed E-state index contributed by atoms with van der Waals surface area (Å²) in [6, 6.07) is 17.6. The number of benzene rings is 2. The van der Waals surface area contributed by atoms with Gasteiger partial charge >= 0.3 is 7.60 Å². The van der Waals surface area contributed by atoms with Crippen molar-refractivity contribution < 1.29 is 23.0 Å². The first kappa shape index (κ1) is 20.5. The molecule has 3 aromatic rings. The van der Waals surface area contributed by atoms with Crippen molar-refractivity contribution in [2.24, 2.45) is 5.41 Å². The highest BCUT2D eigenvalue weighted by molar-refractivity contribution is 7.61. The van der Waals surface area contributed by atoms with Crippen LogP contribution in [0.4, 0.5) is 5.69 Å². The van der Waals surface area contributed by atoms with Gasteiger partial charge in [-0.15, -0.1) is 0 Å². The van der Waals surface area contributed by atoms with E-state index < -0.39 is 12.5 Å². The van der Waals surface area contributed by atoms with Crippen molar-refractivity contribution in [3.63, 3.8) is 0 Å². The first-order valence-electron chi connectivity index (χ1n) is 9.58. The third kappa shape index (κ3) is 4.10. The Bertz CT molecular complexity index is 1110. The van der Waals surface area contributed by atoms with Gasteiger partial charge in [0.05, 0.1) is 18.1 Å². The van der Waals surface area contributed by atoms with Gasteiger partial charge in [-0.1, -0.05) is 62.4 Å². The number of hydrogen-bond donors (Lipinski definition) is 0. The molecular formula is C22H22NO6P. The van der Waals surface area contributed by atoms with Crippen LogP contribution in [0.15, 0.2) is 65.1 Å². The zero-order chi connectivity index (χ0) is 21.4. The molecule has 30 heavy (non-hydrogen) atoms. The summed E-state index contributed by atoms with van der Waals surface area (Å²) in [4.78, 5) is 11.0. The van der Waals surface area contributed by atoms with Crippen LogP contribution >= 0.6 is 7.60 Å². The maximum Gasteiger partial charge on any atom is 0.396 e. The second kappa shape index (κ2) is 7.84. The summed E-state index contributed by atoms with van der Waals surface area (Å²) < 4.78 is 30.5. The average Bonchev–Trinajstić information content (AvgIpc) is 3.16. The molecule has 7 nitrogen and oxygen atoms in total. The van der Waals surface area contributed by atoms with Crippen molar-refractivity contribution in [3.05, 3.63) is 82.1 Å². The van der Waals surface area contributed by atoms with Gasteiger partial charge in [-0.2, -0.15) is 0 Å². The quantitative estimate of drug-likeness (QED) is 0.310. The molecule has 1 fully saturated rings. The number of nitro benzene ring substituents is 1. The highest BCUT2D eigenvalue weighted by Gasteiger charge is 2.41. The van der Waals surface area contributed by atoms with Gasteiger partial charge in [0.1, 0.15) is 5.76 Å². The van der Waals surface area contributed by atoms with Crippen molar-refractivity contribution in [1.82, 2.24) is 0 Å². The van der Waals surface area contributed by atoms with E-state index in [9.17, 15) is 14.7 Å². The maximum atomic E-state index is 13.3. The number of hydrogen-bond acceptors (Lipinski definition) is 6. The number of para-hydroxylation sites is 1. The molecule has 156 valence electrons. The van der Waals surface area contributed by atoms with Crippen LogP contribution in [0.1, 0.15) is 25.2 Å². The lowest BCUT2D eigenvalue weighted by molar-refractivity contribution is -0.385. The minimum absolute atomic E-state index is 0.00742. The normalized spacial score (nSPS) is 17.5. The van der Waals surface area contributed by atoms with Crippen LogP contribution in [0.3, 0.4) is 0 Å². The topological polar surface area (TPSA) is 91.8 Å². The Kier molecular flexibility index (Phi) is 5.36. The number of rotatable bonds is 5. The van der Waals surface area contributed by atoms with E-state index in [-0.39, 0.29) is 36.2 Å². The van der Waals surface area contributed by atoms with Crippen LogP contribution < -0.4 is 5.50 Å². The molecule has 1 saturated heterocycles. The molecule has 8 heteroatoms. The number of nitrogens with zero attached hydrogens (tertiary/aromatic N) is 1. The van der Waals surface area contributed by atoms with Gasteiger partial charge in [0, 0.05) is 35.1 Å². The fourth-order valence-electron chi connectivity index (χ4n) is 3.28. The largest absolute Gasteiger partial charge is 0.452 e. The Morgan fingerprint density at radius 2 is 1.67 bits per heavy atom. The Balaban J connectivity index is 1.77. The summed E-state index contributed by atoms with van der Waals surface area (Å²) >= 11 is 0. The highest BCUT2D eigenvalue weighted by atomic mass is 31.2. The van der Waals surface area contributed by atoms with Gasteiger partial charge in [0.25, 0.3) is 5.69 Å². The van der Waals surface area contributed by atoms with Crippen LogP contribution in [0.2, 0.25) is 0 Å². The molecule has 0 aliphatic carbocycles. The van der Waals surface area contributed by atoms with E-state index in [2.05, 4.69) is 0 Å². The van der Waals surface area contributed by atoms with Crippen LogP contribution in [-0.2, 0) is 20.0 Å². The van der Waals surface area contributed by atoms with Gasteiger partial charge in [0.2, 0.25) is 5.50 Å². The van der Waals surface area contributed by atoms with Crippen molar-refractivity contribution in [2.75, 3.05) is 13.2 Å². The Hall–Kier alpha value is -2.73. The van der Waals surface area contributed by atoms with Crippen molar-refractivity contribution in [1.29, 1.82) is 0 Å². The molecule has 2 heterocycles. The predicted octanol–water partition coefficient (Wildman–Crippen LogP) is 5.34. The molecule has 2 aromatic carbocycles. The van der Waals surface area contributed by atoms with Gasteiger partial charge in [-0.25, -0.2) is 0 Å². The van der Waals surface area contributed by atoms with Crippen LogP contribution in [-0.4, -0.2) is 18.1 Å². The molecular weight excluding hydrogens is 405 g/mol. The molecule has 1 aliphatic rings. The molecule has 1 aromatic heterocycles. The minimum Gasteiger partial charge on any atom is -0.452 e. The third-order valence-corrected chi connectivity index (χ3v) is 6.64. The molecule has 0 N–H and O–H groups in total. The fourth-order valence-corrected chi connectivity index (χ4v) is 5.16. The Morgan fingerprint density at radius 1 is 1.03 bits per heavy atom. The zero-order valence-corrected chi connectivity index (χ0v) is 17.6. The minimum atomic E-state index is -3.61. The monoisotopic (exact) mass is 427 g/mol. The van der Waals surface area contributed by atoms with E-state index in [0.717, 1.165) is 5.56 Å². The lowest BCUT2D eigenvalue weighted by Gasteiger charge is -2.32.